The van der Waals surface area contributed by atoms with E-state index in [0.717, 1.165) is 5.52 Å². The number of rotatable bonds is 2. The number of thiazole rings is 1. The minimum Gasteiger partial charge on any atom is -0.381 e. The van der Waals surface area contributed by atoms with Gasteiger partial charge in [-0.1, -0.05) is 0 Å². The van der Waals surface area contributed by atoms with Gasteiger partial charge in [0.15, 0.2) is 0 Å². The van der Waals surface area contributed by atoms with Crippen LogP contribution in [0.3, 0.4) is 0 Å². The van der Waals surface area contributed by atoms with E-state index in [1.807, 2.05) is 17.3 Å². The van der Waals surface area contributed by atoms with Crippen molar-refractivity contribution in [3.8, 4) is 0 Å². The molecule has 1 unspecified atom stereocenters. The molecule has 1 atom stereocenters. The molecule has 0 saturated carbocycles. The van der Waals surface area contributed by atoms with Gasteiger partial charge in [-0.15, -0.1) is 11.3 Å². The van der Waals surface area contributed by atoms with E-state index in [2.05, 4.69) is 28.5 Å². The second-order valence-electron chi connectivity index (χ2n) is 3.74. The van der Waals surface area contributed by atoms with Crippen LogP contribution in [0.25, 0.3) is 10.2 Å². The predicted molar refractivity (Wildman–Crippen MR) is 69.0 cm³/mol. The van der Waals surface area contributed by atoms with E-state index >= 15 is 0 Å². The largest absolute Gasteiger partial charge is 0.381 e. The van der Waals surface area contributed by atoms with E-state index in [-0.39, 0.29) is 0 Å². The van der Waals surface area contributed by atoms with Crippen LogP contribution in [0, 0.1) is 0 Å². The Morgan fingerprint density at radius 3 is 3.27 bits per heavy atom. The summed E-state index contributed by atoms with van der Waals surface area (Å²) in [6, 6.07) is 7.08. The number of nitrogens with zero attached hydrogens (tertiary/aromatic N) is 1. The normalized spacial score (nSPS) is 20.9. The van der Waals surface area contributed by atoms with E-state index in [9.17, 15) is 0 Å². The van der Waals surface area contributed by atoms with E-state index in [1.54, 1.807) is 11.3 Å². The molecule has 2 heterocycles. The third kappa shape index (κ3) is 1.96. The van der Waals surface area contributed by atoms with Crippen LogP contribution in [0.5, 0.6) is 0 Å². The van der Waals surface area contributed by atoms with Gasteiger partial charge in [-0.3, -0.25) is 0 Å². The van der Waals surface area contributed by atoms with Crippen LogP contribution in [0.15, 0.2) is 23.7 Å². The molecule has 0 bridgehead atoms. The Balaban J connectivity index is 1.84. The summed E-state index contributed by atoms with van der Waals surface area (Å²) in [7, 11) is 0. The lowest BCUT2D eigenvalue weighted by Gasteiger charge is -2.12. The second kappa shape index (κ2) is 4.02. The van der Waals surface area contributed by atoms with Gasteiger partial charge < -0.3 is 5.32 Å². The number of hydrogen-bond donors (Lipinski definition) is 1. The molecule has 2 aromatic rings. The first kappa shape index (κ1) is 9.48. The lowest BCUT2D eigenvalue weighted by molar-refractivity contribution is 0.813. The minimum absolute atomic E-state index is 0.653. The number of thioether (sulfide) groups is 1. The number of nitrogens with one attached hydrogen (secondary N) is 1. The second-order valence-corrected chi connectivity index (χ2v) is 5.78. The van der Waals surface area contributed by atoms with Crippen molar-refractivity contribution in [3.05, 3.63) is 23.7 Å². The zero-order valence-electron chi connectivity index (χ0n) is 8.27. The van der Waals surface area contributed by atoms with Crippen LogP contribution in [-0.4, -0.2) is 22.5 Å². The maximum absolute atomic E-state index is 4.28. The average molecular weight is 236 g/mol. The third-order valence-corrected chi connectivity index (χ3v) is 4.59. The molecule has 0 radical (unpaired) electrons. The molecule has 1 aromatic heterocycles. The predicted octanol–water partition coefficient (Wildman–Crippen LogP) is 3.21. The molecule has 1 aromatic carbocycles. The summed E-state index contributed by atoms with van der Waals surface area (Å²) in [5, 5.41) is 3.58. The Kier molecular flexibility index (Phi) is 2.54. The molecule has 1 aliphatic heterocycles. The topological polar surface area (TPSA) is 24.9 Å². The van der Waals surface area contributed by atoms with Crippen LogP contribution < -0.4 is 5.32 Å². The molecule has 0 amide bonds. The highest BCUT2D eigenvalue weighted by Crippen LogP contribution is 2.25. The molecule has 1 fully saturated rings. The van der Waals surface area contributed by atoms with Crippen molar-refractivity contribution < 1.29 is 0 Å². The molecule has 3 rings (SSSR count). The minimum atomic E-state index is 0.653. The number of fused-ring (bicyclic) bond motifs is 1. The zero-order valence-corrected chi connectivity index (χ0v) is 9.90. The Morgan fingerprint density at radius 2 is 2.40 bits per heavy atom. The SMILES string of the molecule is c1nc2ccc(NC3CCSC3)cc2s1. The van der Waals surface area contributed by atoms with Gasteiger partial charge in [0.2, 0.25) is 0 Å². The molecule has 1 aliphatic rings. The van der Waals surface area contributed by atoms with Gasteiger partial charge in [-0.2, -0.15) is 11.8 Å². The quantitative estimate of drug-likeness (QED) is 0.866. The van der Waals surface area contributed by atoms with E-state index in [0.29, 0.717) is 6.04 Å². The van der Waals surface area contributed by atoms with Gasteiger partial charge in [0.1, 0.15) is 0 Å². The van der Waals surface area contributed by atoms with Gasteiger partial charge in [0.05, 0.1) is 15.7 Å². The monoisotopic (exact) mass is 236 g/mol. The first-order chi connectivity index (χ1) is 7.42. The summed E-state index contributed by atoms with van der Waals surface area (Å²) >= 11 is 3.74. The Bertz CT molecular complexity index is 460. The first-order valence-corrected chi connectivity index (χ1v) is 7.13. The number of benzene rings is 1. The molecule has 1 saturated heterocycles. The van der Waals surface area contributed by atoms with E-state index in [1.165, 1.54) is 28.3 Å². The number of hydrogen-bond acceptors (Lipinski definition) is 4. The molecule has 4 heteroatoms. The number of aromatic nitrogens is 1. The summed E-state index contributed by atoms with van der Waals surface area (Å²) in [5.41, 5.74) is 4.24. The lowest BCUT2D eigenvalue weighted by Crippen LogP contribution is -2.17. The van der Waals surface area contributed by atoms with Crippen molar-refractivity contribution in [1.29, 1.82) is 0 Å². The van der Waals surface area contributed by atoms with E-state index < -0.39 is 0 Å². The summed E-state index contributed by atoms with van der Waals surface area (Å²) in [4.78, 5) is 4.28. The van der Waals surface area contributed by atoms with Crippen LogP contribution in [0.2, 0.25) is 0 Å². The van der Waals surface area contributed by atoms with Crippen molar-refractivity contribution in [2.24, 2.45) is 0 Å². The first-order valence-electron chi connectivity index (χ1n) is 5.09. The summed E-state index contributed by atoms with van der Waals surface area (Å²) in [6.07, 6.45) is 1.28. The van der Waals surface area contributed by atoms with Crippen LogP contribution in [0.1, 0.15) is 6.42 Å². The zero-order chi connectivity index (χ0) is 10.1. The van der Waals surface area contributed by atoms with Gasteiger partial charge in [-0.05, 0) is 30.4 Å². The Labute approximate surface area is 97.1 Å². The smallest absolute Gasteiger partial charge is 0.0813 e. The fourth-order valence-corrected chi connectivity index (χ4v) is 3.70. The maximum atomic E-state index is 4.28. The molecule has 78 valence electrons. The Hall–Kier alpha value is -0.740. The summed E-state index contributed by atoms with van der Waals surface area (Å²) in [6.45, 7) is 0. The summed E-state index contributed by atoms with van der Waals surface area (Å²) < 4.78 is 1.27. The maximum Gasteiger partial charge on any atom is 0.0813 e. The molecular formula is C11H12N2S2. The third-order valence-electron chi connectivity index (χ3n) is 2.63. The van der Waals surface area contributed by atoms with Crippen molar-refractivity contribution in [2.45, 2.75) is 12.5 Å². The summed E-state index contributed by atoms with van der Waals surface area (Å²) in [5.74, 6) is 2.53. The number of anilines is 1. The lowest BCUT2D eigenvalue weighted by atomic mass is 10.2. The highest BCUT2D eigenvalue weighted by atomic mass is 32.2. The molecule has 0 spiro atoms. The van der Waals surface area contributed by atoms with Crippen molar-refractivity contribution in [2.75, 3.05) is 16.8 Å². The van der Waals surface area contributed by atoms with Crippen LogP contribution in [-0.2, 0) is 0 Å². The van der Waals surface area contributed by atoms with E-state index in [4.69, 9.17) is 0 Å². The van der Waals surface area contributed by atoms with Crippen LogP contribution >= 0.6 is 23.1 Å². The highest BCUT2D eigenvalue weighted by Gasteiger charge is 2.14. The Morgan fingerprint density at radius 1 is 1.40 bits per heavy atom. The molecule has 1 N–H and O–H groups in total. The van der Waals surface area contributed by atoms with Gasteiger partial charge in [0.25, 0.3) is 0 Å². The highest BCUT2D eigenvalue weighted by molar-refractivity contribution is 7.99. The molecule has 15 heavy (non-hydrogen) atoms. The van der Waals surface area contributed by atoms with Gasteiger partial charge in [0, 0.05) is 17.5 Å². The standard InChI is InChI=1S/C11H12N2S2/c1-2-10-11(15-7-12-10)5-8(1)13-9-3-4-14-6-9/h1-2,5,7,9,13H,3-4,6H2. The van der Waals surface area contributed by atoms with Crippen molar-refractivity contribution >= 4 is 39.0 Å². The molecule has 0 aliphatic carbocycles. The fourth-order valence-electron chi connectivity index (χ4n) is 1.83. The molecular weight excluding hydrogens is 224 g/mol. The fraction of sp³-hybridized carbons (Fsp3) is 0.364. The molecule has 2 nitrogen and oxygen atoms in total. The van der Waals surface area contributed by atoms with Gasteiger partial charge in [-0.25, -0.2) is 4.98 Å². The van der Waals surface area contributed by atoms with Crippen molar-refractivity contribution in [3.63, 3.8) is 0 Å². The average Bonchev–Trinajstić information content (AvgIpc) is 2.87. The van der Waals surface area contributed by atoms with Crippen LogP contribution in [0.4, 0.5) is 5.69 Å². The van der Waals surface area contributed by atoms with Crippen molar-refractivity contribution in [1.82, 2.24) is 4.98 Å². The van der Waals surface area contributed by atoms with Gasteiger partial charge >= 0.3 is 0 Å².